The smallest absolute Gasteiger partial charge is 0.155 e. The maximum absolute atomic E-state index is 12.8. The SMILES string of the molecule is CC(F)c1cc2c(O)cccc2o1. The fraction of sp³-hybridized carbons (Fsp3) is 0.200. The topological polar surface area (TPSA) is 33.4 Å². The van der Waals surface area contributed by atoms with Gasteiger partial charge in [-0.15, -0.1) is 0 Å². The average molecular weight is 180 g/mol. The molecule has 68 valence electrons. The molecule has 2 aromatic rings. The van der Waals surface area contributed by atoms with Crippen LogP contribution < -0.4 is 0 Å². The Hall–Kier alpha value is -1.51. The summed E-state index contributed by atoms with van der Waals surface area (Å²) in [5.41, 5.74) is 0.513. The summed E-state index contributed by atoms with van der Waals surface area (Å²) in [5.74, 6) is 0.365. The van der Waals surface area contributed by atoms with Crippen molar-refractivity contribution < 1.29 is 13.9 Å². The summed E-state index contributed by atoms with van der Waals surface area (Å²) in [6.07, 6.45) is -1.15. The zero-order valence-corrected chi connectivity index (χ0v) is 7.12. The summed E-state index contributed by atoms with van der Waals surface area (Å²) in [5, 5.41) is 9.94. The lowest BCUT2D eigenvalue weighted by molar-refractivity contribution is 0.317. The predicted octanol–water partition coefficient (Wildman–Crippen LogP) is 3.17. The van der Waals surface area contributed by atoms with Gasteiger partial charge in [-0.2, -0.15) is 0 Å². The predicted molar refractivity (Wildman–Crippen MR) is 47.4 cm³/mol. The average Bonchev–Trinajstić information content (AvgIpc) is 2.49. The maximum Gasteiger partial charge on any atom is 0.155 e. The molecule has 2 nitrogen and oxygen atoms in total. The van der Waals surface area contributed by atoms with Crippen LogP contribution in [0.4, 0.5) is 4.39 Å². The minimum atomic E-state index is -1.15. The van der Waals surface area contributed by atoms with Gasteiger partial charge in [0.05, 0.1) is 5.39 Å². The zero-order chi connectivity index (χ0) is 9.42. The van der Waals surface area contributed by atoms with Crippen LogP contribution in [-0.4, -0.2) is 5.11 Å². The zero-order valence-electron chi connectivity index (χ0n) is 7.12. The highest BCUT2D eigenvalue weighted by atomic mass is 19.1. The molecule has 1 heterocycles. The van der Waals surface area contributed by atoms with Gasteiger partial charge < -0.3 is 9.52 Å². The molecule has 1 aromatic heterocycles. The third kappa shape index (κ3) is 1.26. The summed E-state index contributed by atoms with van der Waals surface area (Å²) in [7, 11) is 0. The van der Waals surface area contributed by atoms with Crippen LogP contribution in [0.1, 0.15) is 18.9 Å². The monoisotopic (exact) mass is 180 g/mol. The molecule has 0 aliphatic rings. The van der Waals surface area contributed by atoms with Gasteiger partial charge in [0.1, 0.15) is 17.1 Å². The molecule has 0 amide bonds. The lowest BCUT2D eigenvalue weighted by Crippen LogP contribution is -1.77. The molecule has 0 bridgehead atoms. The van der Waals surface area contributed by atoms with Crippen molar-refractivity contribution in [3.8, 4) is 5.75 Å². The van der Waals surface area contributed by atoms with Crippen molar-refractivity contribution in [1.82, 2.24) is 0 Å². The number of halogens is 1. The molecule has 0 radical (unpaired) electrons. The number of aromatic hydroxyl groups is 1. The Morgan fingerprint density at radius 1 is 1.46 bits per heavy atom. The minimum Gasteiger partial charge on any atom is -0.507 e. The molecule has 3 heteroatoms. The van der Waals surface area contributed by atoms with E-state index in [0.717, 1.165) is 0 Å². The van der Waals surface area contributed by atoms with Crippen molar-refractivity contribution in [2.75, 3.05) is 0 Å². The van der Waals surface area contributed by atoms with E-state index in [9.17, 15) is 9.50 Å². The normalized spacial score (nSPS) is 13.4. The molecular weight excluding hydrogens is 171 g/mol. The van der Waals surface area contributed by atoms with Crippen LogP contribution in [0.2, 0.25) is 0 Å². The molecular formula is C10H9FO2. The first-order chi connectivity index (χ1) is 6.18. The number of hydrogen-bond acceptors (Lipinski definition) is 2. The standard InChI is InChI=1S/C10H9FO2/c1-6(11)10-5-7-8(12)3-2-4-9(7)13-10/h2-6,12H,1H3. The summed E-state index contributed by atoms with van der Waals surface area (Å²) in [4.78, 5) is 0. The molecule has 0 aliphatic carbocycles. The van der Waals surface area contributed by atoms with Crippen LogP contribution in [0.3, 0.4) is 0 Å². The van der Waals surface area contributed by atoms with Gasteiger partial charge in [0.15, 0.2) is 6.17 Å². The second-order valence-corrected chi connectivity index (χ2v) is 2.95. The number of benzene rings is 1. The second-order valence-electron chi connectivity index (χ2n) is 2.95. The first kappa shape index (κ1) is 8.10. The summed E-state index contributed by atoms with van der Waals surface area (Å²) < 4.78 is 18.0. The van der Waals surface area contributed by atoms with E-state index in [1.807, 2.05) is 0 Å². The molecule has 1 unspecified atom stereocenters. The highest BCUT2D eigenvalue weighted by Gasteiger charge is 2.11. The number of phenols is 1. The number of hydrogen-bond donors (Lipinski definition) is 1. The summed E-state index contributed by atoms with van der Waals surface area (Å²) >= 11 is 0. The number of rotatable bonds is 1. The molecule has 0 spiro atoms. The molecule has 0 saturated heterocycles. The number of furan rings is 1. The lowest BCUT2D eigenvalue weighted by Gasteiger charge is -1.91. The van der Waals surface area contributed by atoms with E-state index < -0.39 is 6.17 Å². The van der Waals surface area contributed by atoms with Crippen LogP contribution >= 0.6 is 0 Å². The Balaban J connectivity index is 2.68. The van der Waals surface area contributed by atoms with Crippen molar-refractivity contribution in [3.63, 3.8) is 0 Å². The van der Waals surface area contributed by atoms with Crippen molar-refractivity contribution >= 4 is 11.0 Å². The van der Waals surface area contributed by atoms with E-state index in [1.54, 1.807) is 18.2 Å². The molecule has 1 N–H and O–H groups in total. The molecule has 13 heavy (non-hydrogen) atoms. The largest absolute Gasteiger partial charge is 0.507 e. The quantitative estimate of drug-likeness (QED) is 0.731. The molecule has 2 rings (SSSR count). The van der Waals surface area contributed by atoms with E-state index in [4.69, 9.17) is 4.42 Å². The molecule has 1 atom stereocenters. The Morgan fingerprint density at radius 3 is 2.85 bits per heavy atom. The van der Waals surface area contributed by atoms with Crippen LogP contribution in [-0.2, 0) is 0 Å². The Bertz CT molecular complexity index is 431. The van der Waals surface area contributed by atoms with Crippen molar-refractivity contribution in [2.24, 2.45) is 0 Å². The summed E-state index contributed by atoms with van der Waals surface area (Å²) in [6.45, 7) is 1.40. The van der Waals surface area contributed by atoms with Gasteiger partial charge in [0.2, 0.25) is 0 Å². The van der Waals surface area contributed by atoms with Crippen LogP contribution in [0, 0.1) is 0 Å². The van der Waals surface area contributed by atoms with E-state index in [1.165, 1.54) is 13.0 Å². The fourth-order valence-electron chi connectivity index (χ4n) is 1.26. The van der Waals surface area contributed by atoms with Crippen molar-refractivity contribution in [3.05, 3.63) is 30.0 Å². The maximum atomic E-state index is 12.8. The van der Waals surface area contributed by atoms with Crippen LogP contribution in [0.25, 0.3) is 11.0 Å². The van der Waals surface area contributed by atoms with Crippen LogP contribution in [0.15, 0.2) is 28.7 Å². The van der Waals surface area contributed by atoms with E-state index in [0.29, 0.717) is 11.0 Å². The van der Waals surface area contributed by atoms with Crippen molar-refractivity contribution in [2.45, 2.75) is 13.1 Å². The third-order valence-corrected chi connectivity index (χ3v) is 1.95. The summed E-state index contributed by atoms with van der Waals surface area (Å²) in [6, 6.07) is 6.43. The second kappa shape index (κ2) is 2.76. The van der Waals surface area contributed by atoms with E-state index in [2.05, 4.69) is 0 Å². The van der Waals surface area contributed by atoms with Gasteiger partial charge in [-0.1, -0.05) is 6.07 Å². The molecule has 1 aromatic carbocycles. The van der Waals surface area contributed by atoms with Gasteiger partial charge in [-0.25, -0.2) is 4.39 Å². The number of alkyl halides is 1. The Morgan fingerprint density at radius 2 is 2.23 bits per heavy atom. The van der Waals surface area contributed by atoms with Gasteiger partial charge in [-0.3, -0.25) is 0 Å². The molecule has 0 fully saturated rings. The van der Waals surface area contributed by atoms with E-state index >= 15 is 0 Å². The van der Waals surface area contributed by atoms with Gasteiger partial charge in [0, 0.05) is 0 Å². The number of fused-ring (bicyclic) bond motifs is 1. The first-order valence-corrected chi connectivity index (χ1v) is 4.04. The molecule has 0 saturated carbocycles. The van der Waals surface area contributed by atoms with Gasteiger partial charge in [-0.05, 0) is 25.1 Å². The van der Waals surface area contributed by atoms with Crippen molar-refractivity contribution in [1.29, 1.82) is 0 Å². The minimum absolute atomic E-state index is 0.119. The van der Waals surface area contributed by atoms with E-state index in [-0.39, 0.29) is 11.5 Å². The highest BCUT2D eigenvalue weighted by Crippen LogP contribution is 2.30. The van der Waals surface area contributed by atoms with Gasteiger partial charge in [0.25, 0.3) is 0 Å². The lowest BCUT2D eigenvalue weighted by atomic mass is 10.2. The Kier molecular flexibility index (Phi) is 1.72. The fourth-order valence-corrected chi connectivity index (χ4v) is 1.26. The van der Waals surface area contributed by atoms with Crippen LogP contribution in [0.5, 0.6) is 5.75 Å². The first-order valence-electron chi connectivity index (χ1n) is 4.04. The molecule has 0 aliphatic heterocycles. The Labute approximate surface area is 74.6 Å². The number of phenolic OH excluding ortho intramolecular Hbond substituents is 1. The van der Waals surface area contributed by atoms with Gasteiger partial charge >= 0.3 is 0 Å². The third-order valence-electron chi connectivity index (χ3n) is 1.95. The highest BCUT2D eigenvalue weighted by molar-refractivity contribution is 5.84.